The molecule has 20 nitrogen and oxygen atoms in total. The van der Waals surface area contributed by atoms with Crippen molar-refractivity contribution in [2.45, 2.75) is 85.0 Å². The van der Waals surface area contributed by atoms with Crippen molar-refractivity contribution in [3.63, 3.8) is 0 Å². The van der Waals surface area contributed by atoms with Gasteiger partial charge >= 0.3 is 12.4 Å². The van der Waals surface area contributed by atoms with Gasteiger partial charge in [-0.15, -0.1) is 10.2 Å². The Hall–Kier alpha value is -8.20. The number of amides is 2. The third-order valence-electron chi connectivity index (χ3n) is 10.0. The van der Waals surface area contributed by atoms with E-state index < -0.39 is 34.9 Å². The number of nitrogens with zero attached hydrogens (tertiary/aromatic N) is 10. The van der Waals surface area contributed by atoms with Crippen LogP contribution in [0.2, 0.25) is 0 Å². The zero-order valence-corrected chi connectivity index (χ0v) is 41.5. The van der Waals surface area contributed by atoms with Crippen molar-refractivity contribution in [3.8, 4) is 34.7 Å². The van der Waals surface area contributed by atoms with Crippen LogP contribution in [0.15, 0.2) is 97.6 Å². The number of halogens is 6. The third kappa shape index (κ3) is 15.9. The number of hydrogen-bond donors (Lipinski definition) is 7. The van der Waals surface area contributed by atoms with Crippen molar-refractivity contribution in [3.05, 3.63) is 120 Å². The molecule has 0 bridgehead atoms. The fourth-order valence-corrected chi connectivity index (χ4v) is 6.61. The average molecular weight is 1050 g/mol. The number of ether oxygens (including phenoxy) is 1. The van der Waals surface area contributed by atoms with Gasteiger partial charge in [-0.2, -0.15) is 31.3 Å². The molecule has 8 N–H and O–H groups in total. The van der Waals surface area contributed by atoms with Crippen molar-refractivity contribution >= 4 is 46.0 Å². The summed E-state index contributed by atoms with van der Waals surface area (Å²) in [5, 5.41) is 38.9. The zero-order chi connectivity index (χ0) is 54.9. The number of carbonyl (C=O) groups is 2. The lowest BCUT2D eigenvalue weighted by molar-refractivity contribution is -0.141. The van der Waals surface area contributed by atoms with Crippen LogP contribution in [0.3, 0.4) is 0 Å². The van der Waals surface area contributed by atoms with E-state index in [1.807, 2.05) is 13.0 Å². The number of nitrogens with one attached hydrogen (secondary N) is 4. The second-order valence-corrected chi connectivity index (χ2v) is 17.8. The SMILES string of the molecule is CC(=O)Nc1cc(Oc2nc(-c3cccc(C(F)(F)F)n3)nn3ccc(CNCC(C)(C)O)c23)ccn1.CC(C)(O)CN.CCc1ccn2nc(-c3cccc(C(F)(F)F)n3)nc(Nc3ccnc(NC(C)=O)c3)c12. The van der Waals surface area contributed by atoms with Gasteiger partial charge in [-0.05, 0) is 93.8 Å². The van der Waals surface area contributed by atoms with Gasteiger partial charge in [0.1, 0.15) is 51.2 Å². The van der Waals surface area contributed by atoms with Crippen LogP contribution in [0, 0.1) is 0 Å². The maximum absolute atomic E-state index is 13.2. The maximum Gasteiger partial charge on any atom is 0.433 e. The number of fused-ring (bicyclic) bond motifs is 2. The van der Waals surface area contributed by atoms with Gasteiger partial charge in [-0.25, -0.2) is 34.0 Å². The van der Waals surface area contributed by atoms with Crippen molar-refractivity contribution in [2.24, 2.45) is 5.73 Å². The summed E-state index contributed by atoms with van der Waals surface area (Å²) in [5.41, 5.74) is 4.62. The lowest BCUT2D eigenvalue weighted by atomic mass is 10.1. The molecule has 0 aliphatic heterocycles. The molecule has 0 aliphatic rings. The van der Waals surface area contributed by atoms with Crippen LogP contribution in [0.5, 0.6) is 11.6 Å². The molecule has 8 aromatic rings. The van der Waals surface area contributed by atoms with Crippen LogP contribution in [0.1, 0.15) is 71.0 Å². The highest BCUT2D eigenvalue weighted by molar-refractivity contribution is 5.89. The number of alkyl halides is 6. The molecule has 8 rings (SSSR count). The molecular weight excluding hydrogens is 993 g/mol. The fourth-order valence-electron chi connectivity index (χ4n) is 6.61. The van der Waals surface area contributed by atoms with E-state index in [2.05, 4.69) is 61.4 Å². The predicted molar refractivity (Wildman–Crippen MR) is 266 cm³/mol. The molecule has 2 amide bonds. The first kappa shape index (κ1) is 56.1. The molecule has 8 aromatic heterocycles. The Kier molecular flexibility index (Phi) is 17.5. The van der Waals surface area contributed by atoms with Gasteiger partial charge < -0.3 is 42.0 Å². The summed E-state index contributed by atoms with van der Waals surface area (Å²) in [5.74, 6) is 0.660. The van der Waals surface area contributed by atoms with Gasteiger partial charge in [-0.3, -0.25) is 9.59 Å². The summed E-state index contributed by atoms with van der Waals surface area (Å²) in [4.78, 5) is 47.1. The van der Waals surface area contributed by atoms with E-state index in [1.54, 1.807) is 68.9 Å². The van der Waals surface area contributed by atoms with Crippen LogP contribution < -0.4 is 31.7 Å². The van der Waals surface area contributed by atoms with Gasteiger partial charge in [-0.1, -0.05) is 19.1 Å². The Labute approximate surface area is 424 Å². The Morgan fingerprint density at radius 2 is 1.20 bits per heavy atom. The maximum atomic E-state index is 13.2. The van der Waals surface area contributed by atoms with Crippen LogP contribution in [-0.4, -0.2) is 95.5 Å². The molecular formula is C49H53F6N15O5. The van der Waals surface area contributed by atoms with Crippen LogP contribution in [0.4, 0.5) is 49.5 Å². The highest BCUT2D eigenvalue weighted by Crippen LogP contribution is 2.34. The molecule has 0 unspecified atom stereocenters. The van der Waals surface area contributed by atoms with E-state index in [-0.39, 0.29) is 52.3 Å². The standard InChI is InChI=1S/C24H24F3N7O3.C21H18F3N7O.C4H11NO/c1-14(35)30-19-11-16(7-9-29-19)37-22-20-15(12-28-13-23(2,3)36)8-10-34(20)33-21(32-22)17-5-4-6-18(31-17)24(25,26)27;1-3-13-8-10-31-18(13)20(27-14-7-9-25-17(11-14)26-12(2)32)29-19(30-31)15-5-4-6-16(28-15)21(22,23)24;1-4(2,6)3-5/h4-11,28,36H,12-13H2,1-3H3,(H,29,30,35);4-11H,3H2,1-2H3,(H2,25,26,27,29,30,32);6H,3,5H2,1-2H3. The Balaban J connectivity index is 0.000000222. The highest BCUT2D eigenvalue weighted by Gasteiger charge is 2.34. The first-order valence-electron chi connectivity index (χ1n) is 22.8. The summed E-state index contributed by atoms with van der Waals surface area (Å²) in [7, 11) is 0. The predicted octanol–water partition coefficient (Wildman–Crippen LogP) is 8.00. The Morgan fingerprint density at radius 3 is 1.72 bits per heavy atom. The number of carbonyl (C=O) groups excluding carboxylic acids is 2. The minimum absolute atomic E-state index is 0.00909. The lowest BCUT2D eigenvalue weighted by Crippen LogP contribution is -2.34. The number of anilines is 4. The Bertz CT molecular complexity index is 3280. The van der Waals surface area contributed by atoms with Crippen LogP contribution >= 0.6 is 0 Å². The topological polar surface area (TPSA) is 270 Å². The fraction of sp³-hybridized carbons (Fsp3) is 0.306. The van der Waals surface area contributed by atoms with Crippen molar-refractivity contribution in [1.29, 1.82) is 0 Å². The van der Waals surface area contributed by atoms with E-state index in [0.717, 1.165) is 23.3 Å². The number of aromatic nitrogens is 10. The van der Waals surface area contributed by atoms with E-state index in [9.17, 15) is 41.0 Å². The molecule has 396 valence electrons. The number of nitrogens with two attached hydrogens (primary N) is 1. The molecule has 0 spiro atoms. The molecule has 0 radical (unpaired) electrons. The third-order valence-corrected chi connectivity index (χ3v) is 10.0. The summed E-state index contributed by atoms with van der Waals surface area (Å²) in [6.45, 7) is 12.3. The van der Waals surface area contributed by atoms with E-state index in [0.29, 0.717) is 54.4 Å². The number of pyridine rings is 4. The van der Waals surface area contributed by atoms with Crippen molar-refractivity contribution in [2.75, 3.05) is 29.0 Å². The highest BCUT2D eigenvalue weighted by atomic mass is 19.4. The van der Waals surface area contributed by atoms with Crippen LogP contribution in [0.25, 0.3) is 34.1 Å². The van der Waals surface area contributed by atoms with Crippen molar-refractivity contribution < 1.29 is 50.9 Å². The molecule has 0 aromatic carbocycles. The van der Waals surface area contributed by atoms with E-state index >= 15 is 0 Å². The monoisotopic (exact) mass is 1050 g/mol. The normalized spacial score (nSPS) is 11.8. The first-order chi connectivity index (χ1) is 35.2. The second-order valence-electron chi connectivity index (χ2n) is 17.8. The molecule has 0 saturated heterocycles. The lowest BCUT2D eigenvalue weighted by Gasteiger charge is -2.17. The smallest absolute Gasteiger partial charge is 0.433 e. The summed E-state index contributed by atoms with van der Waals surface area (Å²) in [6.07, 6.45) is -2.24. The van der Waals surface area contributed by atoms with E-state index in [1.165, 1.54) is 61.1 Å². The van der Waals surface area contributed by atoms with E-state index in [4.69, 9.17) is 15.6 Å². The molecule has 8 heterocycles. The zero-order valence-electron chi connectivity index (χ0n) is 41.5. The number of rotatable bonds is 14. The molecule has 75 heavy (non-hydrogen) atoms. The minimum Gasteiger partial charge on any atom is -0.437 e. The first-order valence-corrected chi connectivity index (χ1v) is 22.8. The molecule has 0 atom stereocenters. The number of aryl methyl sites for hydroxylation is 1. The summed E-state index contributed by atoms with van der Waals surface area (Å²) < 4.78 is 88.1. The summed E-state index contributed by atoms with van der Waals surface area (Å²) >= 11 is 0. The molecule has 0 fully saturated rings. The van der Waals surface area contributed by atoms with Gasteiger partial charge in [0.2, 0.25) is 29.3 Å². The van der Waals surface area contributed by atoms with Gasteiger partial charge in [0.15, 0.2) is 5.82 Å². The van der Waals surface area contributed by atoms with Gasteiger partial charge in [0.05, 0.1) is 11.2 Å². The quantitative estimate of drug-likeness (QED) is 0.0508. The average Bonchev–Trinajstić information content (AvgIpc) is 3.95. The molecule has 0 saturated carbocycles. The largest absolute Gasteiger partial charge is 0.437 e. The summed E-state index contributed by atoms with van der Waals surface area (Å²) in [6, 6.07) is 17.0. The minimum atomic E-state index is -4.64. The number of hydrogen-bond acceptors (Lipinski definition) is 16. The second kappa shape index (κ2) is 23.3. The van der Waals surface area contributed by atoms with Crippen molar-refractivity contribution in [1.82, 2.24) is 54.4 Å². The molecule has 0 aliphatic carbocycles. The van der Waals surface area contributed by atoms with Gasteiger partial charge in [0, 0.05) is 76.1 Å². The van der Waals surface area contributed by atoms with Gasteiger partial charge in [0.25, 0.3) is 0 Å². The Morgan fingerprint density at radius 1 is 0.680 bits per heavy atom. The van der Waals surface area contributed by atoms with Crippen LogP contribution in [-0.2, 0) is 34.9 Å². The molecule has 26 heteroatoms. The number of aliphatic hydroxyl groups is 2.